The van der Waals surface area contributed by atoms with Crippen LogP contribution in [0.2, 0.25) is 0 Å². The van der Waals surface area contributed by atoms with E-state index in [0.29, 0.717) is 11.5 Å². The molecule has 0 amide bonds. The van der Waals surface area contributed by atoms with Gasteiger partial charge in [0, 0.05) is 19.5 Å². The molecular formula is C28H39NO3. The average molecular weight is 438 g/mol. The minimum atomic E-state index is -0.678. The number of benzene rings is 2. The van der Waals surface area contributed by atoms with E-state index in [4.69, 9.17) is 9.84 Å². The van der Waals surface area contributed by atoms with Gasteiger partial charge in [-0.05, 0) is 96.9 Å². The van der Waals surface area contributed by atoms with Crippen molar-refractivity contribution < 1.29 is 14.6 Å². The number of aliphatic carboxylic acids is 1. The van der Waals surface area contributed by atoms with Crippen molar-refractivity contribution >= 4 is 16.7 Å². The minimum absolute atomic E-state index is 0.278. The van der Waals surface area contributed by atoms with E-state index in [1.807, 2.05) is 0 Å². The third-order valence-corrected chi connectivity index (χ3v) is 7.55. The zero-order valence-electron chi connectivity index (χ0n) is 20.0. The zero-order valence-corrected chi connectivity index (χ0v) is 20.0. The Morgan fingerprint density at radius 1 is 1.03 bits per heavy atom. The van der Waals surface area contributed by atoms with Gasteiger partial charge in [0.15, 0.2) is 0 Å². The molecule has 2 aromatic rings. The second-order valence-corrected chi connectivity index (χ2v) is 11.1. The fourth-order valence-electron chi connectivity index (χ4n) is 5.65. The van der Waals surface area contributed by atoms with Crippen LogP contribution in [0, 0.1) is 17.3 Å². The van der Waals surface area contributed by atoms with Crippen molar-refractivity contribution in [2.45, 2.75) is 78.4 Å². The highest BCUT2D eigenvalue weighted by atomic mass is 16.5. The Morgan fingerprint density at radius 2 is 1.75 bits per heavy atom. The molecule has 0 bridgehead atoms. The van der Waals surface area contributed by atoms with Crippen LogP contribution in [0.5, 0.6) is 5.75 Å². The van der Waals surface area contributed by atoms with E-state index in [1.165, 1.54) is 29.2 Å². The number of hydrogen-bond acceptors (Lipinski definition) is 3. The van der Waals surface area contributed by atoms with E-state index in [-0.39, 0.29) is 12.3 Å². The van der Waals surface area contributed by atoms with Crippen molar-refractivity contribution in [3.63, 3.8) is 0 Å². The van der Waals surface area contributed by atoms with Crippen molar-refractivity contribution in [1.29, 1.82) is 0 Å². The molecule has 4 nitrogen and oxygen atoms in total. The second kappa shape index (κ2) is 9.82. The molecule has 1 N–H and O–H groups in total. The summed E-state index contributed by atoms with van der Waals surface area (Å²) in [4.78, 5) is 13.5. The molecule has 2 aliphatic rings. The van der Waals surface area contributed by atoms with Crippen LogP contribution in [0.4, 0.5) is 0 Å². The molecular weight excluding hydrogens is 398 g/mol. The normalized spacial score (nSPS) is 25.0. The molecule has 174 valence electrons. The summed E-state index contributed by atoms with van der Waals surface area (Å²) in [5, 5.41) is 11.6. The van der Waals surface area contributed by atoms with Crippen LogP contribution in [0.15, 0.2) is 36.4 Å². The molecule has 4 heteroatoms. The fraction of sp³-hybridized carbons (Fsp3) is 0.607. The highest BCUT2D eigenvalue weighted by molar-refractivity contribution is 5.84. The van der Waals surface area contributed by atoms with Gasteiger partial charge in [0.1, 0.15) is 5.75 Å². The largest absolute Gasteiger partial charge is 0.490 e. The standard InChI is InChI=1S/C28H39NO3/c1-28(2,3)24-9-12-25(13-10-24)32-26-11-8-22-15-21(6-7-23(22)17-26)19-29-14-4-5-20(18-29)16-27(30)31/h6-8,11,15,17,20,24-25H,4-5,9-10,12-14,16,18-19H2,1-3H3,(H,30,31). The molecule has 32 heavy (non-hydrogen) atoms. The Balaban J connectivity index is 1.35. The molecule has 1 aliphatic heterocycles. The Labute approximate surface area is 192 Å². The van der Waals surface area contributed by atoms with Crippen molar-refractivity contribution in [2.24, 2.45) is 17.3 Å². The predicted molar refractivity (Wildman–Crippen MR) is 130 cm³/mol. The summed E-state index contributed by atoms with van der Waals surface area (Å²) in [6.07, 6.45) is 7.56. The maximum absolute atomic E-state index is 11.1. The van der Waals surface area contributed by atoms with E-state index < -0.39 is 5.97 Å². The predicted octanol–water partition coefficient (Wildman–Crippen LogP) is 6.51. The van der Waals surface area contributed by atoms with Gasteiger partial charge in [-0.15, -0.1) is 0 Å². The Hall–Kier alpha value is -2.07. The van der Waals surface area contributed by atoms with Crippen molar-refractivity contribution in [2.75, 3.05) is 13.1 Å². The maximum Gasteiger partial charge on any atom is 0.303 e. The summed E-state index contributed by atoms with van der Waals surface area (Å²) >= 11 is 0. The Bertz CT molecular complexity index is 924. The highest BCUT2D eigenvalue weighted by Gasteiger charge is 2.30. The molecule has 1 aliphatic carbocycles. The first-order valence-electron chi connectivity index (χ1n) is 12.4. The molecule has 1 heterocycles. The lowest BCUT2D eigenvalue weighted by Crippen LogP contribution is -2.35. The first-order valence-corrected chi connectivity index (χ1v) is 12.4. The van der Waals surface area contributed by atoms with Crippen LogP contribution < -0.4 is 4.74 Å². The third-order valence-electron chi connectivity index (χ3n) is 7.55. The van der Waals surface area contributed by atoms with Crippen LogP contribution in [0.3, 0.4) is 0 Å². The number of carbonyl (C=O) groups is 1. The number of ether oxygens (including phenoxy) is 1. The summed E-state index contributed by atoms with van der Waals surface area (Å²) in [7, 11) is 0. The molecule has 4 rings (SSSR count). The van der Waals surface area contributed by atoms with Crippen molar-refractivity contribution in [3.05, 3.63) is 42.0 Å². The number of carboxylic acids is 1. The third kappa shape index (κ3) is 6.04. The van der Waals surface area contributed by atoms with E-state index in [2.05, 4.69) is 62.1 Å². The summed E-state index contributed by atoms with van der Waals surface area (Å²) in [5.74, 6) is 1.39. The quantitative estimate of drug-likeness (QED) is 0.560. The first-order chi connectivity index (χ1) is 15.3. The zero-order chi connectivity index (χ0) is 22.7. The van der Waals surface area contributed by atoms with Gasteiger partial charge in [-0.3, -0.25) is 9.69 Å². The molecule has 0 radical (unpaired) electrons. The molecule has 0 spiro atoms. The average Bonchev–Trinajstić information content (AvgIpc) is 2.73. The maximum atomic E-state index is 11.1. The molecule has 1 saturated carbocycles. The van der Waals surface area contributed by atoms with Gasteiger partial charge in [-0.1, -0.05) is 39.0 Å². The number of hydrogen-bond donors (Lipinski definition) is 1. The summed E-state index contributed by atoms with van der Waals surface area (Å²) < 4.78 is 6.36. The van der Waals surface area contributed by atoms with Gasteiger partial charge in [-0.25, -0.2) is 0 Å². The number of piperidine rings is 1. The van der Waals surface area contributed by atoms with Gasteiger partial charge >= 0.3 is 5.97 Å². The molecule has 0 aromatic heterocycles. The van der Waals surface area contributed by atoms with Gasteiger partial charge in [0.05, 0.1) is 6.10 Å². The van der Waals surface area contributed by atoms with Crippen LogP contribution in [0.25, 0.3) is 10.8 Å². The lowest BCUT2D eigenvalue weighted by atomic mass is 9.72. The SMILES string of the molecule is CC(C)(C)C1CCC(Oc2ccc3cc(CN4CCCC(CC(=O)O)C4)ccc3c2)CC1. The van der Waals surface area contributed by atoms with E-state index in [1.54, 1.807) is 0 Å². The topological polar surface area (TPSA) is 49.8 Å². The number of fused-ring (bicyclic) bond motifs is 1. The van der Waals surface area contributed by atoms with Crippen LogP contribution in [-0.2, 0) is 11.3 Å². The molecule has 1 saturated heterocycles. The smallest absolute Gasteiger partial charge is 0.303 e. The van der Waals surface area contributed by atoms with Gasteiger partial charge in [-0.2, -0.15) is 0 Å². The number of nitrogens with zero attached hydrogens (tertiary/aromatic N) is 1. The lowest BCUT2D eigenvalue weighted by Gasteiger charge is -2.37. The van der Waals surface area contributed by atoms with Gasteiger partial charge in [0.25, 0.3) is 0 Å². The number of carboxylic acid groups (broad SMARTS) is 1. The fourth-order valence-corrected chi connectivity index (χ4v) is 5.65. The van der Waals surface area contributed by atoms with Crippen molar-refractivity contribution in [1.82, 2.24) is 4.90 Å². The molecule has 1 atom stereocenters. The lowest BCUT2D eigenvalue weighted by molar-refractivity contribution is -0.138. The van der Waals surface area contributed by atoms with E-state index >= 15 is 0 Å². The first kappa shape index (κ1) is 23.1. The Morgan fingerprint density at radius 3 is 2.47 bits per heavy atom. The van der Waals surface area contributed by atoms with E-state index in [0.717, 1.165) is 57.0 Å². The summed E-state index contributed by atoms with van der Waals surface area (Å²) in [6.45, 7) is 9.90. The number of rotatable bonds is 6. The molecule has 1 unspecified atom stereocenters. The number of likely N-dealkylation sites (tertiary alicyclic amines) is 1. The van der Waals surface area contributed by atoms with Gasteiger partial charge in [0.2, 0.25) is 0 Å². The van der Waals surface area contributed by atoms with E-state index in [9.17, 15) is 4.79 Å². The van der Waals surface area contributed by atoms with Gasteiger partial charge < -0.3 is 9.84 Å². The molecule has 2 fully saturated rings. The van der Waals surface area contributed by atoms with Crippen LogP contribution in [-0.4, -0.2) is 35.2 Å². The highest BCUT2D eigenvalue weighted by Crippen LogP contribution is 2.39. The summed E-state index contributed by atoms with van der Waals surface area (Å²) in [6, 6.07) is 13.2. The van der Waals surface area contributed by atoms with Crippen LogP contribution in [0.1, 0.15) is 71.3 Å². The monoisotopic (exact) mass is 437 g/mol. The Kier molecular flexibility index (Phi) is 7.09. The minimum Gasteiger partial charge on any atom is -0.490 e. The van der Waals surface area contributed by atoms with Crippen molar-refractivity contribution in [3.8, 4) is 5.75 Å². The second-order valence-electron chi connectivity index (χ2n) is 11.1. The molecule has 2 aromatic carbocycles. The summed E-state index contributed by atoms with van der Waals surface area (Å²) in [5.41, 5.74) is 1.69. The van der Waals surface area contributed by atoms with Crippen LogP contribution >= 0.6 is 0 Å².